The van der Waals surface area contributed by atoms with Gasteiger partial charge in [0.05, 0.1) is 18.9 Å². The van der Waals surface area contributed by atoms with Gasteiger partial charge in [0.2, 0.25) is 21.9 Å². The Morgan fingerprint density at radius 3 is 2.59 bits per heavy atom. The van der Waals surface area contributed by atoms with Crippen molar-refractivity contribution >= 4 is 16.0 Å². The van der Waals surface area contributed by atoms with E-state index in [1.165, 1.54) is 17.4 Å². The van der Waals surface area contributed by atoms with E-state index >= 15 is 0 Å². The molecule has 1 aliphatic carbocycles. The van der Waals surface area contributed by atoms with Gasteiger partial charge in [-0.25, -0.2) is 26.5 Å². The van der Waals surface area contributed by atoms with Crippen molar-refractivity contribution in [1.29, 1.82) is 5.26 Å². The second-order valence-corrected chi connectivity index (χ2v) is 9.79. The molecule has 2 N–H and O–H groups in total. The standard InChI is InChI=1S/C17H23F2N5O4S/c1-16(25)10-17(18,19)7-13(16)28-14-11(8-20)9-21-15(23-14)22-12-3-5-24(6-4-12)29(2,26)27/h9,12-13,25H,3-7,10H2,1-2H3,(H,21,22,23). The summed E-state index contributed by atoms with van der Waals surface area (Å²) in [7, 11) is -3.24. The predicted molar refractivity (Wildman–Crippen MR) is 99.0 cm³/mol. The number of halogens is 2. The van der Waals surface area contributed by atoms with E-state index in [4.69, 9.17) is 4.74 Å². The largest absolute Gasteiger partial charge is 0.470 e. The topological polar surface area (TPSA) is 128 Å². The lowest BCUT2D eigenvalue weighted by atomic mass is 10.0. The van der Waals surface area contributed by atoms with E-state index in [0.29, 0.717) is 25.9 Å². The Morgan fingerprint density at radius 1 is 1.41 bits per heavy atom. The second kappa shape index (κ2) is 7.62. The van der Waals surface area contributed by atoms with Crippen LogP contribution in [-0.4, -0.2) is 70.8 Å². The highest BCUT2D eigenvalue weighted by molar-refractivity contribution is 7.88. The molecule has 2 atom stereocenters. The maximum absolute atomic E-state index is 13.7. The molecule has 0 spiro atoms. The monoisotopic (exact) mass is 431 g/mol. The quantitative estimate of drug-likeness (QED) is 0.710. The number of alkyl halides is 2. The summed E-state index contributed by atoms with van der Waals surface area (Å²) >= 11 is 0. The minimum Gasteiger partial charge on any atom is -0.470 e. The zero-order valence-electron chi connectivity index (χ0n) is 16.1. The lowest BCUT2D eigenvalue weighted by Gasteiger charge is -2.30. The van der Waals surface area contributed by atoms with Gasteiger partial charge in [0.25, 0.3) is 5.92 Å². The Kier molecular flexibility index (Phi) is 5.68. The summed E-state index contributed by atoms with van der Waals surface area (Å²) in [5.74, 6) is -3.11. The van der Waals surface area contributed by atoms with Crippen LogP contribution in [0.4, 0.5) is 14.7 Å². The van der Waals surface area contributed by atoms with Crippen molar-refractivity contribution in [2.45, 2.75) is 56.3 Å². The number of hydrogen-bond acceptors (Lipinski definition) is 8. The van der Waals surface area contributed by atoms with Crippen molar-refractivity contribution in [1.82, 2.24) is 14.3 Å². The number of nitriles is 1. The average molecular weight is 431 g/mol. The number of ether oxygens (including phenoxy) is 1. The highest BCUT2D eigenvalue weighted by Gasteiger charge is 2.54. The predicted octanol–water partition coefficient (Wildman–Crippen LogP) is 1.11. The van der Waals surface area contributed by atoms with E-state index in [0.717, 1.165) is 6.26 Å². The summed E-state index contributed by atoms with van der Waals surface area (Å²) in [5, 5.41) is 22.5. The Morgan fingerprint density at radius 2 is 2.07 bits per heavy atom. The van der Waals surface area contributed by atoms with Crippen LogP contribution in [-0.2, 0) is 10.0 Å². The van der Waals surface area contributed by atoms with Crippen molar-refractivity contribution in [3.8, 4) is 11.9 Å². The first-order valence-corrected chi connectivity index (χ1v) is 11.0. The third-order valence-corrected chi connectivity index (χ3v) is 6.48. The molecule has 1 aromatic heterocycles. The molecule has 160 valence electrons. The molecule has 9 nitrogen and oxygen atoms in total. The number of anilines is 1. The third kappa shape index (κ3) is 5.09. The fraction of sp³-hybridized carbons (Fsp3) is 0.706. The fourth-order valence-electron chi connectivity index (χ4n) is 3.62. The van der Waals surface area contributed by atoms with Crippen LogP contribution in [0.15, 0.2) is 6.20 Å². The van der Waals surface area contributed by atoms with Gasteiger partial charge in [-0.3, -0.25) is 0 Å². The van der Waals surface area contributed by atoms with E-state index < -0.39 is 40.5 Å². The average Bonchev–Trinajstić information content (AvgIpc) is 2.81. The molecule has 2 heterocycles. The van der Waals surface area contributed by atoms with E-state index in [9.17, 15) is 27.6 Å². The molecular formula is C17H23F2N5O4S. The minimum absolute atomic E-state index is 0.0338. The Bertz CT molecular complexity index is 911. The molecule has 2 aliphatic rings. The van der Waals surface area contributed by atoms with Crippen LogP contribution in [0.1, 0.15) is 38.2 Å². The fourth-order valence-corrected chi connectivity index (χ4v) is 4.49. The molecule has 29 heavy (non-hydrogen) atoms. The molecule has 3 rings (SSSR count). The van der Waals surface area contributed by atoms with E-state index in [1.54, 1.807) is 0 Å². The first kappa shape index (κ1) is 21.6. The number of aliphatic hydroxyl groups is 1. The highest BCUT2D eigenvalue weighted by Crippen LogP contribution is 2.43. The molecule has 12 heteroatoms. The van der Waals surface area contributed by atoms with Gasteiger partial charge in [0.1, 0.15) is 23.3 Å². The van der Waals surface area contributed by atoms with Gasteiger partial charge in [-0.2, -0.15) is 10.2 Å². The summed E-state index contributed by atoms with van der Waals surface area (Å²) in [4.78, 5) is 8.17. The third-order valence-electron chi connectivity index (χ3n) is 5.18. The van der Waals surface area contributed by atoms with Crippen LogP contribution in [0, 0.1) is 11.3 Å². The maximum Gasteiger partial charge on any atom is 0.254 e. The SMILES string of the molecule is CC1(O)CC(F)(F)CC1Oc1nc(NC2CCN(S(C)(=O)=O)CC2)ncc1C#N. The van der Waals surface area contributed by atoms with Crippen LogP contribution in [0.5, 0.6) is 5.88 Å². The second-order valence-electron chi connectivity index (χ2n) is 7.81. The van der Waals surface area contributed by atoms with Crippen molar-refractivity contribution in [2.75, 3.05) is 24.7 Å². The first-order chi connectivity index (χ1) is 13.4. The minimum atomic E-state index is -3.24. The molecule has 1 saturated heterocycles. The van der Waals surface area contributed by atoms with Gasteiger partial charge in [0, 0.05) is 25.6 Å². The van der Waals surface area contributed by atoms with Crippen LogP contribution >= 0.6 is 0 Å². The number of piperidine rings is 1. The van der Waals surface area contributed by atoms with Crippen molar-refractivity contribution in [3.05, 3.63) is 11.8 Å². The van der Waals surface area contributed by atoms with Gasteiger partial charge >= 0.3 is 0 Å². The van der Waals surface area contributed by atoms with E-state index in [-0.39, 0.29) is 23.4 Å². The van der Waals surface area contributed by atoms with Crippen molar-refractivity contribution < 1.29 is 27.0 Å². The lowest BCUT2D eigenvalue weighted by molar-refractivity contribution is -0.0406. The van der Waals surface area contributed by atoms with Crippen LogP contribution in [0.2, 0.25) is 0 Å². The normalized spacial score (nSPS) is 28.1. The van der Waals surface area contributed by atoms with Gasteiger partial charge in [-0.15, -0.1) is 0 Å². The van der Waals surface area contributed by atoms with Gasteiger partial charge < -0.3 is 15.2 Å². The Hall–Kier alpha value is -2.10. The van der Waals surface area contributed by atoms with Crippen LogP contribution < -0.4 is 10.1 Å². The molecule has 2 unspecified atom stereocenters. The van der Waals surface area contributed by atoms with Gasteiger partial charge in [0.15, 0.2) is 0 Å². The summed E-state index contributed by atoms with van der Waals surface area (Å²) in [6.45, 7) is 1.98. The number of nitrogens with one attached hydrogen (secondary N) is 1. The zero-order valence-corrected chi connectivity index (χ0v) is 16.9. The molecule has 0 amide bonds. The number of aromatic nitrogens is 2. The number of rotatable bonds is 5. The van der Waals surface area contributed by atoms with Crippen molar-refractivity contribution in [3.63, 3.8) is 0 Å². The highest BCUT2D eigenvalue weighted by atomic mass is 32.2. The number of sulfonamides is 1. The van der Waals surface area contributed by atoms with Crippen LogP contribution in [0.25, 0.3) is 0 Å². The van der Waals surface area contributed by atoms with Crippen LogP contribution in [0.3, 0.4) is 0 Å². The number of nitrogens with zero attached hydrogens (tertiary/aromatic N) is 4. The molecule has 0 radical (unpaired) electrons. The smallest absolute Gasteiger partial charge is 0.254 e. The molecule has 1 saturated carbocycles. The molecule has 1 aromatic rings. The Balaban J connectivity index is 1.71. The first-order valence-electron chi connectivity index (χ1n) is 9.15. The zero-order chi connectivity index (χ0) is 21.4. The molecular weight excluding hydrogens is 408 g/mol. The lowest BCUT2D eigenvalue weighted by Crippen LogP contribution is -2.42. The van der Waals surface area contributed by atoms with Crippen molar-refractivity contribution in [2.24, 2.45) is 0 Å². The summed E-state index contributed by atoms with van der Waals surface area (Å²) < 4.78 is 57.4. The molecule has 0 aromatic carbocycles. The van der Waals surface area contributed by atoms with E-state index in [1.807, 2.05) is 6.07 Å². The molecule has 2 fully saturated rings. The maximum atomic E-state index is 13.7. The van der Waals surface area contributed by atoms with Gasteiger partial charge in [-0.05, 0) is 19.8 Å². The molecule has 0 bridgehead atoms. The summed E-state index contributed by atoms with van der Waals surface area (Å²) in [6.07, 6.45) is 0.828. The summed E-state index contributed by atoms with van der Waals surface area (Å²) in [6, 6.07) is 1.76. The number of hydrogen-bond donors (Lipinski definition) is 2. The summed E-state index contributed by atoms with van der Waals surface area (Å²) in [5.41, 5.74) is -1.79. The van der Waals surface area contributed by atoms with Gasteiger partial charge in [-0.1, -0.05) is 0 Å². The Labute approximate surface area is 167 Å². The molecule has 1 aliphatic heterocycles. The van der Waals surface area contributed by atoms with E-state index in [2.05, 4.69) is 15.3 Å².